The van der Waals surface area contributed by atoms with Crippen molar-refractivity contribution >= 4 is 5.91 Å². The third-order valence-electron chi connectivity index (χ3n) is 4.34. The number of allylic oxidation sites excluding steroid dienone is 1. The maximum absolute atomic E-state index is 11.3. The summed E-state index contributed by atoms with van der Waals surface area (Å²) in [5.41, 5.74) is 0. The molecule has 146 valence electrons. The molecule has 7 heteroatoms. The Labute approximate surface area is 150 Å². The monoisotopic (exact) mass is 359 g/mol. The molecule has 1 aliphatic rings. The first kappa shape index (κ1) is 22.1. The number of unbranched alkanes of at least 4 members (excludes halogenated alkanes) is 6. The molecule has 1 rings (SSSR count). The van der Waals surface area contributed by atoms with Crippen molar-refractivity contribution in [2.45, 2.75) is 82.5 Å². The van der Waals surface area contributed by atoms with Crippen LogP contribution in [0.5, 0.6) is 0 Å². The second-order valence-electron chi connectivity index (χ2n) is 6.50. The number of hydrogen-bond acceptors (Lipinski definition) is 6. The van der Waals surface area contributed by atoms with Gasteiger partial charge in [-0.25, -0.2) is 0 Å². The molecule has 0 spiro atoms. The van der Waals surface area contributed by atoms with E-state index >= 15 is 0 Å². The molecule has 0 bridgehead atoms. The van der Waals surface area contributed by atoms with E-state index in [-0.39, 0.29) is 5.91 Å². The number of hydrogen-bond donors (Lipinski definition) is 4. The first-order chi connectivity index (χ1) is 12.0. The maximum atomic E-state index is 11.3. The minimum absolute atomic E-state index is 0.351. The second kappa shape index (κ2) is 12.4. The van der Waals surface area contributed by atoms with Crippen molar-refractivity contribution < 1.29 is 29.6 Å². The van der Waals surface area contributed by atoms with E-state index in [4.69, 9.17) is 9.47 Å². The Hall–Kier alpha value is -0.990. The molecule has 0 aromatic heterocycles. The van der Waals surface area contributed by atoms with Crippen LogP contribution >= 0.6 is 0 Å². The summed E-state index contributed by atoms with van der Waals surface area (Å²) < 4.78 is 11.2. The van der Waals surface area contributed by atoms with Gasteiger partial charge in [-0.05, 0) is 19.3 Å². The van der Waals surface area contributed by atoms with Crippen LogP contribution in [0.4, 0.5) is 0 Å². The first-order valence-corrected chi connectivity index (χ1v) is 9.13. The molecule has 0 aliphatic carbocycles. The van der Waals surface area contributed by atoms with Gasteiger partial charge in [0, 0.05) is 13.5 Å². The number of aliphatic hydroxyl groups is 3. The lowest BCUT2D eigenvalue weighted by Crippen LogP contribution is -2.64. The molecule has 1 fully saturated rings. The standard InChI is InChI=1S/C18H33NO6/c1-3-4-5-6-7-8-9-10-11-24-18-15(19-13(2)21)17(23)16(22)14(12-20)25-18/h3,14-18,20,22-23H,1,4-12H2,2H3,(H,19,21)/t14-,15+,16+,17-,18+/m1/s1. The van der Waals surface area contributed by atoms with Crippen LogP contribution < -0.4 is 5.32 Å². The number of ether oxygens (including phenoxy) is 2. The highest BCUT2D eigenvalue weighted by molar-refractivity contribution is 5.73. The summed E-state index contributed by atoms with van der Waals surface area (Å²) in [6, 6.07) is -0.866. The molecule has 7 nitrogen and oxygen atoms in total. The van der Waals surface area contributed by atoms with Gasteiger partial charge in [0.1, 0.15) is 24.4 Å². The van der Waals surface area contributed by atoms with Gasteiger partial charge in [0.25, 0.3) is 0 Å². The Kier molecular flexibility index (Phi) is 10.9. The summed E-state index contributed by atoms with van der Waals surface area (Å²) in [4.78, 5) is 11.3. The molecule has 0 saturated carbocycles. The van der Waals surface area contributed by atoms with Crippen LogP contribution in [0.3, 0.4) is 0 Å². The average Bonchev–Trinajstić information content (AvgIpc) is 2.59. The minimum atomic E-state index is -1.28. The molecule has 0 unspecified atom stereocenters. The molecule has 1 heterocycles. The van der Waals surface area contributed by atoms with Gasteiger partial charge in [0.2, 0.25) is 5.91 Å². The van der Waals surface area contributed by atoms with Crippen molar-refractivity contribution in [2.24, 2.45) is 0 Å². The Morgan fingerprint density at radius 2 is 1.80 bits per heavy atom. The van der Waals surface area contributed by atoms with Crippen LogP contribution in [-0.4, -0.2) is 65.1 Å². The van der Waals surface area contributed by atoms with Crippen molar-refractivity contribution in [1.82, 2.24) is 5.32 Å². The molecule has 4 N–H and O–H groups in total. The van der Waals surface area contributed by atoms with Gasteiger partial charge in [-0.2, -0.15) is 0 Å². The third kappa shape index (κ3) is 7.83. The van der Waals surface area contributed by atoms with Crippen molar-refractivity contribution in [3.63, 3.8) is 0 Å². The number of amides is 1. The van der Waals surface area contributed by atoms with E-state index in [9.17, 15) is 20.1 Å². The molecule has 5 atom stereocenters. The summed E-state index contributed by atoms with van der Waals surface area (Å²) in [5, 5.41) is 31.9. The van der Waals surface area contributed by atoms with Crippen LogP contribution in [0.15, 0.2) is 12.7 Å². The van der Waals surface area contributed by atoms with Gasteiger partial charge in [-0.15, -0.1) is 6.58 Å². The van der Waals surface area contributed by atoms with Gasteiger partial charge >= 0.3 is 0 Å². The molecular weight excluding hydrogens is 326 g/mol. The predicted octanol–water partition coefficient (Wildman–Crippen LogP) is 0.863. The van der Waals surface area contributed by atoms with Crippen LogP contribution in [0, 0.1) is 0 Å². The SMILES string of the molecule is C=CCCCCCCCCO[C@H]1O[C@H](CO)[C@H](O)[C@H](O)[C@@H]1NC(C)=O. The van der Waals surface area contributed by atoms with Crippen molar-refractivity contribution in [2.75, 3.05) is 13.2 Å². The van der Waals surface area contributed by atoms with Crippen LogP contribution in [-0.2, 0) is 14.3 Å². The molecule has 0 aromatic rings. The summed E-state index contributed by atoms with van der Waals surface area (Å²) in [7, 11) is 0. The Bertz CT molecular complexity index is 392. The van der Waals surface area contributed by atoms with E-state index in [1.807, 2.05) is 6.08 Å². The number of aliphatic hydroxyl groups excluding tert-OH is 3. The lowest BCUT2D eigenvalue weighted by molar-refractivity contribution is -0.270. The molecule has 0 radical (unpaired) electrons. The zero-order chi connectivity index (χ0) is 18.7. The van der Waals surface area contributed by atoms with Gasteiger partial charge in [-0.3, -0.25) is 4.79 Å². The fourth-order valence-electron chi connectivity index (χ4n) is 2.91. The zero-order valence-electron chi connectivity index (χ0n) is 15.1. The lowest BCUT2D eigenvalue weighted by atomic mass is 9.97. The fraction of sp³-hybridized carbons (Fsp3) is 0.833. The third-order valence-corrected chi connectivity index (χ3v) is 4.34. The predicted molar refractivity (Wildman–Crippen MR) is 93.8 cm³/mol. The molecule has 1 amide bonds. The summed E-state index contributed by atoms with van der Waals surface area (Å²) >= 11 is 0. The Morgan fingerprint density at radius 3 is 2.40 bits per heavy atom. The number of carbonyl (C=O) groups is 1. The maximum Gasteiger partial charge on any atom is 0.217 e. The van der Waals surface area contributed by atoms with E-state index in [0.717, 1.165) is 25.7 Å². The fourth-order valence-corrected chi connectivity index (χ4v) is 2.91. The van der Waals surface area contributed by atoms with E-state index < -0.39 is 37.3 Å². The number of nitrogens with one attached hydrogen (secondary N) is 1. The van der Waals surface area contributed by atoms with E-state index in [2.05, 4.69) is 11.9 Å². The zero-order valence-corrected chi connectivity index (χ0v) is 15.1. The van der Waals surface area contributed by atoms with Crippen LogP contribution in [0.25, 0.3) is 0 Å². The van der Waals surface area contributed by atoms with Crippen molar-refractivity contribution in [3.05, 3.63) is 12.7 Å². The quantitative estimate of drug-likeness (QED) is 0.304. The van der Waals surface area contributed by atoms with Crippen LogP contribution in [0.2, 0.25) is 0 Å². The summed E-state index contributed by atoms with van der Waals surface area (Å²) in [5.74, 6) is -0.351. The normalized spacial score (nSPS) is 29.4. The molecule has 0 aromatic carbocycles. The highest BCUT2D eigenvalue weighted by atomic mass is 16.7. The number of carbonyl (C=O) groups excluding carboxylic acids is 1. The molecule has 1 saturated heterocycles. The minimum Gasteiger partial charge on any atom is -0.394 e. The van der Waals surface area contributed by atoms with E-state index in [1.165, 1.54) is 26.2 Å². The van der Waals surface area contributed by atoms with Crippen LogP contribution in [0.1, 0.15) is 51.9 Å². The number of rotatable bonds is 12. The smallest absolute Gasteiger partial charge is 0.217 e. The largest absolute Gasteiger partial charge is 0.394 e. The molecular formula is C18H33NO6. The topological polar surface area (TPSA) is 108 Å². The first-order valence-electron chi connectivity index (χ1n) is 9.13. The van der Waals surface area contributed by atoms with E-state index in [1.54, 1.807) is 0 Å². The highest BCUT2D eigenvalue weighted by Crippen LogP contribution is 2.22. The van der Waals surface area contributed by atoms with Gasteiger partial charge < -0.3 is 30.1 Å². The second-order valence-corrected chi connectivity index (χ2v) is 6.50. The average molecular weight is 359 g/mol. The Balaban J connectivity index is 2.34. The lowest BCUT2D eigenvalue weighted by Gasteiger charge is -2.42. The summed E-state index contributed by atoms with van der Waals surface area (Å²) in [6.45, 7) is 5.02. The van der Waals surface area contributed by atoms with Crippen molar-refractivity contribution in [1.29, 1.82) is 0 Å². The van der Waals surface area contributed by atoms with E-state index in [0.29, 0.717) is 6.61 Å². The summed E-state index contributed by atoms with van der Waals surface area (Å²) in [6.07, 6.45) is 5.19. The Morgan fingerprint density at radius 1 is 1.16 bits per heavy atom. The van der Waals surface area contributed by atoms with Gasteiger partial charge in [0.15, 0.2) is 6.29 Å². The van der Waals surface area contributed by atoms with Crippen molar-refractivity contribution in [3.8, 4) is 0 Å². The highest BCUT2D eigenvalue weighted by Gasteiger charge is 2.45. The molecule has 1 aliphatic heterocycles. The van der Waals surface area contributed by atoms with Gasteiger partial charge in [-0.1, -0.05) is 31.8 Å². The molecule has 25 heavy (non-hydrogen) atoms. The van der Waals surface area contributed by atoms with Gasteiger partial charge in [0.05, 0.1) is 6.61 Å².